The zero-order valence-corrected chi connectivity index (χ0v) is 13.9. The number of sulfonamides is 1. The zero-order chi connectivity index (χ0) is 16.3. The Bertz CT molecular complexity index is 763. The van der Waals surface area contributed by atoms with Gasteiger partial charge in [0.2, 0.25) is 10.0 Å². The molecule has 1 saturated heterocycles. The predicted molar refractivity (Wildman–Crippen MR) is 85.9 cm³/mol. The summed E-state index contributed by atoms with van der Waals surface area (Å²) in [5.41, 5.74) is 0. The van der Waals surface area contributed by atoms with Gasteiger partial charge in [-0.05, 0) is 25.0 Å². The van der Waals surface area contributed by atoms with Gasteiger partial charge in [-0.25, -0.2) is 8.42 Å². The van der Waals surface area contributed by atoms with Crippen LogP contribution in [-0.2, 0) is 10.0 Å². The Labute approximate surface area is 140 Å². The van der Waals surface area contributed by atoms with Crippen LogP contribution in [0.15, 0.2) is 47.9 Å². The van der Waals surface area contributed by atoms with Crippen LogP contribution in [0.2, 0.25) is 5.02 Å². The summed E-state index contributed by atoms with van der Waals surface area (Å²) in [5.74, 6) is 0.579. The second-order valence-electron chi connectivity index (χ2n) is 5.22. The number of rotatable bonds is 4. The molecule has 0 radical (unpaired) electrons. The molecular weight excluding hydrogens is 338 g/mol. The van der Waals surface area contributed by atoms with E-state index in [0.29, 0.717) is 36.7 Å². The van der Waals surface area contributed by atoms with Crippen LogP contribution in [-0.4, -0.2) is 41.9 Å². The minimum absolute atomic E-state index is 0.0600. The van der Waals surface area contributed by atoms with E-state index in [1.807, 2.05) is 0 Å². The Hall–Kier alpha value is -1.70. The fourth-order valence-electron chi connectivity index (χ4n) is 2.48. The first-order valence-electron chi connectivity index (χ1n) is 7.24. The number of hydrogen-bond donors (Lipinski definition) is 0. The lowest BCUT2D eigenvalue weighted by Gasteiger charge is -2.31. The number of halogens is 1. The van der Waals surface area contributed by atoms with Crippen LogP contribution in [0.3, 0.4) is 0 Å². The van der Waals surface area contributed by atoms with Gasteiger partial charge in [0, 0.05) is 43.9 Å². The molecule has 1 fully saturated rings. The Kier molecular flexibility index (Phi) is 4.79. The van der Waals surface area contributed by atoms with Crippen molar-refractivity contribution in [2.24, 2.45) is 0 Å². The van der Waals surface area contributed by atoms with E-state index in [-0.39, 0.29) is 11.0 Å². The molecule has 2 aromatic rings. The van der Waals surface area contributed by atoms with Crippen molar-refractivity contribution in [3.05, 3.63) is 48.0 Å². The van der Waals surface area contributed by atoms with Crippen LogP contribution in [0.5, 0.6) is 5.75 Å². The minimum Gasteiger partial charge on any atom is -0.489 e. The van der Waals surface area contributed by atoms with Crippen LogP contribution in [0.1, 0.15) is 12.8 Å². The molecular formula is C15H16ClN3O3S. The first-order valence-corrected chi connectivity index (χ1v) is 9.05. The van der Waals surface area contributed by atoms with Crippen molar-refractivity contribution < 1.29 is 13.2 Å². The molecule has 6 nitrogen and oxygen atoms in total. The van der Waals surface area contributed by atoms with Crippen LogP contribution < -0.4 is 4.74 Å². The first-order chi connectivity index (χ1) is 11.1. The molecule has 122 valence electrons. The Morgan fingerprint density at radius 1 is 1.13 bits per heavy atom. The maximum absolute atomic E-state index is 12.5. The molecule has 0 N–H and O–H groups in total. The van der Waals surface area contributed by atoms with Gasteiger partial charge in [0.1, 0.15) is 21.8 Å². The smallest absolute Gasteiger partial charge is 0.244 e. The summed E-state index contributed by atoms with van der Waals surface area (Å²) in [6.07, 6.45) is 7.22. The highest BCUT2D eigenvalue weighted by Crippen LogP contribution is 2.27. The lowest BCUT2D eigenvalue weighted by Crippen LogP contribution is -2.41. The van der Waals surface area contributed by atoms with Crippen molar-refractivity contribution >= 4 is 21.6 Å². The van der Waals surface area contributed by atoms with Gasteiger partial charge in [-0.3, -0.25) is 9.97 Å². The third kappa shape index (κ3) is 3.63. The van der Waals surface area contributed by atoms with Crippen molar-refractivity contribution in [2.45, 2.75) is 23.8 Å². The molecule has 8 heteroatoms. The average molecular weight is 354 g/mol. The normalized spacial score (nSPS) is 17.1. The topological polar surface area (TPSA) is 72.4 Å². The van der Waals surface area contributed by atoms with E-state index in [1.54, 1.807) is 30.6 Å². The number of ether oxygens (including phenoxy) is 1. The molecule has 0 unspecified atom stereocenters. The van der Waals surface area contributed by atoms with E-state index in [1.165, 1.54) is 16.7 Å². The predicted octanol–water partition coefficient (Wildman–Crippen LogP) is 2.36. The van der Waals surface area contributed by atoms with Crippen LogP contribution in [0.25, 0.3) is 0 Å². The Morgan fingerprint density at radius 2 is 1.87 bits per heavy atom. The van der Waals surface area contributed by atoms with E-state index < -0.39 is 10.0 Å². The summed E-state index contributed by atoms with van der Waals surface area (Å²) in [5, 5.41) is 0.456. The van der Waals surface area contributed by atoms with E-state index in [0.717, 1.165) is 0 Å². The van der Waals surface area contributed by atoms with Gasteiger partial charge in [-0.15, -0.1) is 0 Å². The number of aromatic nitrogens is 2. The monoisotopic (exact) mass is 353 g/mol. The van der Waals surface area contributed by atoms with Crippen LogP contribution in [0.4, 0.5) is 0 Å². The summed E-state index contributed by atoms with van der Waals surface area (Å²) < 4.78 is 32.4. The van der Waals surface area contributed by atoms with E-state index in [4.69, 9.17) is 16.3 Å². The van der Waals surface area contributed by atoms with Gasteiger partial charge in [0.05, 0.1) is 0 Å². The van der Waals surface area contributed by atoms with Crippen molar-refractivity contribution in [1.29, 1.82) is 0 Å². The van der Waals surface area contributed by atoms with Gasteiger partial charge >= 0.3 is 0 Å². The number of nitrogens with zero attached hydrogens (tertiary/aromatic N) is 3. The van der Waals surface area contributed by atoms with Crippen LogP contribution >= 0.6 is 11.6 Å². The number of pyridine rings is 2. The fraction of sp³-hybridized carbons (Fsp3) is 0.333. The molecule has 0 saturated carbocycles. The molecule has 0 atom stereocenters. The second-order valence-corrected chi connectivity index (χ2v) is 7.56. The van der Waals surface area contributed by atoms with Gasteiger partial charge in [0.15, 0.2) is 0 Å². The maximum atomic E-state index is 12.5. The van der Waals surface area contributed by atoms with E-state index >= 15 is 0 Å². The van der Waals surface area contributed by atoms with Crippen molar-refractivity contribution in [3.63, 3.8) is 0 Å². The summed E-state index contributed by atoms with van der Waals surface area (Å²) >= 11 is 6.02. The third-order valence-corrected chi connectivity index (χ3v) is 5.87. The molecule has 23 heavy (non-hydrogen) atoms. The largest absolute Gasteiger partial charge is 0.489 e. The molecule has 1 aliphatic heterocycles. The molecule has 0 spiro atoms. The minimum atomic E-state index is -3.49. The van der Waals surface area contributed by atoms with Crippen molar-refractivity contribution in [1.82, 2.24) is 14.3 Å². The highest BCUT2D eigenvalue weighted by atomic mass is 35.5. The van der Waals surface area contributed by atoms with Crippen molar-refractivity contribution in [3.8, 4) is 5.75 Å². The Morgan fingerprint density at radius 3 is 2.52 bits per heavy atom. The second kappa shape index (κ2) is 6.82. The first kappa shape index (κ1) is 16.2. The molecule has 3 rings (SSSR count). The quantitative estimate of drug-likeness (QED) is 0.843. The summed E-state index contributed by atoms with van der Waals surface area (Å²) in [4.78, 5) is 8.00. The van der Waals surface area contributed by atoms with Crippen LogP contribution in [0, 0.1) is 0 Å². The number of hydrogen-bond acceptors (Lipinski definition) is 5. The van der Waals surface area contributed by atoms with Gasteiger partial charge in [-0.1, -0.05) is 11.6 Å². The highest BCUT2D eigenvalue weighted by molar-refractivity contribution is 7.89. The summed E-state index contributed by atoms with van der Waals surface area (Å²) in [7, 11) is -3.49. The highest BCUT2D eigenvalue weighted by Gasteiger charge is 2.30. The summed E-state index contributed by atoms with van der Waals surface area (Å²) in [6.45, 7) is 0.815. The van der Waals surface area contributed by atoms with E-state index in [2.05, 4.69) is 9.97 Å². The molecule has 0 aliphatic carbocycles. The third-order valence-electron chi connectivity index (χ3n) is 3.70. The lowest BCUT2D eigenvalue weighted by molar-refractivity contribution is 0.135. The standard InChI is InChI=1S/C15H16ClN3O3S/c16-14-11-18-7-3-15(14)22-12-4-8-19(9-5-12)23(20,21)13-2-1-6-17-10-13/h1-3,6-7,10-12H,4-5,8-9H2. The molecule has 0 amide bonds. The summed E-state index contributed by atoms with van der Waals surface area (Å²) in [6, 6.07) is 4.89. The lowest BCUT2D eigenvalue weighted by atomic mass is 10.1. The SMILES string of the molecule is O=S(=O)(c1cccnc1)N1CCC(Oc2ccncc2Cl)CC1. The average Bonchev–Trinajstić information content (AvgIpc) is 2.58. The molecule has 2 aromatic heterocycles. The van der Waals surface area contributed by atoms with Gasteiger partial charge in [-0.2, -0.15) is 4.31 Å². The maximum Gasteiger partial charge on any atom is 0.244 e. The zero-order valence-electron chi connectivity index (χ0n) is 12.3. The van der Waals surface area contributed by atoms with Gasteiger partial charge in [0.25, 0.3) is 0 Å². The fourth-order valence-corrected chi connectivity index (χ4v) is 4.07. The molecule has 1 aliphatic rings. The van der Waals surface area contributed by atoms with E-state index in [9.17, 15) is 8.42 Å². The Balaban J connectivity index is 1.64. The molecule has 0 aromatic carbocycles. The number of piperidine rings is 1. The molecule has 0 bridgehead atoms. The van der Waals surface area contributed by atoms with Crippen molar-refractivity contribution in [2.75, 3.05) is 13.1 Å². The van der Waals surface area contributed by atoms with Gasteiger partial charge < -0.3 is 4.74 Å². The molecule has 3 heterocycles.